The van der Waals surface area contributed by atoms with Crippen molar-refractivity contribution in [3.63, 3.8) is 0 Å². The molecule has 0 amide bonds. The van der Waals surface area contributed by atoms with Crippen molar-refractivity contribution in [2.75, 3.05) is 0 Å². The topological polar surface area (TPSA) is 0 Å². The quantitative estimate of drug-likeness (QED) is 0.469. The lowest BCUT2D eigenvalue weighted by Crippen LogP contribution is -1.98. The van der Waals surface area contributed by atoms with Crippen LogP contribution in [0.25, 0.3) is 0 Å². The molecule has 26 heavy (non-hydrogen) atoms. The van der Waals surface area contributed by atoms with E-state index in [9.17, 15) is 0 Å². The average molecular weight is 347 g/mol. The van der Waals surface area contributed by atoms with Crippen LogP contribution in [-0.2, 0) is 25.7 Å². The number of hydrogen-bond donors (Lipinski definition) is 0. The minimum atomic E-state index is 1.06. The monoisotopic (exact) mass is 346 g/mol. The van der Waals surface area contributed by atoms with Gasteiger partial charge in [-0.1, -0.05) is 59.7 Å². The van der Waals surface area contributed by atoms with Gasteiger partial charge < -0.3 is 0 Å². The summed E-state index contributed by atoms with van der Waals surface area (Å²) in [6.45, 7) is 13.1. The molecule has 0 fully saturated rings. The van der Waals surface area contributed by atoms with E-state index in [-0.39, 0.29) is 0 Å². The van der Waals surface area contributed by atoms with Crippen molar-refractivity contribution in [1.82, 2.24) is 0 Å². The molecule has 0 nitrogen and oxygen atoms in total. The molecule has 0 aliphatic heterocycles. The van der Waals surface area contributed by atoms with E-state index in [2.05, 4.69) is 90.1 Å². The maximum atomic E-state index is 2.40. The Morgan fingerprint density at radius 2 is 1.08 bits per heavy atom. The van der Waals surface area contributed by atoms with Crippen LogP contribution in [-0.4, -0.2) is 0 Å². The lowest BCUT2D eigenvalue weighted by molar-refractivity contribution is 0.944. The Kier molecular flexibility index (Phi) is 7.45. The van der Waals surface area contributed by atoms with E-state index >= 15 is 0 Å². The molecule has 0 saturated heterocycles. The first-order chi connectivity index (χ1) is 12.4. The highest BCUT2D eigenvalue weighted by Gasteiger charge is 2.05. The van der Waals surface area contributed by atoms with E-state index in [0.29, 0.717) is 0 Å². The lowest BCUT2D eigenvalue weighted by Gasteiger charge is -2.11. The summed E-state index contributed by atoms with van der Waals surface area (Å²) < 4.78 is 0. The number of rotatable bonds is 7. The second-order valence-corrected chi connectivity index (χ2v) is 7.65. The van der Waals surface area contributed by atoms with Gasteiger partial charge in [-0.25, -0.2) is 0 Å². The minimum absolute atomic E-state index is 1.06. The zero-order valence-electron chi connectivity index (χ0n) is 17.4. The first kappa shape index (κ1) is 20.2. The fourth-order valence-electron chi connectivity index (χ4n) is 3.24. The summed E-state index contributed by atoms with van der Waals surface area (Å²) in [5.41, 5.74) is 11.5. The molecular weight excluding hydrogens is 312 g/mol. The van der Waals surface area contributed by atoms with Crippen LogP contribution in [0.15, 0.2) is 59.7 Å². The standard InChI is InChI=1S/C26H34/c1-7-19(3)15-25-17-23(11-9-21(25)5)13-14-24-12-10-22(6)26(18-24)16-20(4)8-2/h7-12,17-18H,13-16H2,1-6H3/b19-7+,20-8+. The van der Waals surface area contributed by atoms with E-state index in [1.165, 1.54) is 44.5 Å². The van der Waals surface area contributed by atoms with Crippen LogP contribution in [0.4, 0.5) is 0 Å². The Morgan fingerprint density at radius 1 is 0.692 bits per heavy atom. The Balaban J connectivity index is 2.11. The van der Waals surface area contributed by atoms with Gasteiger partial charge in [-0.2, -0.15) is 0 Å². The van der Waals surface area contributed by atoms with Crippen molar-refractivity contribution in [2.45, 2.75) is 67.2 Å². The van der Waals surface area contributed by atoms with Crippen molar-refractivity contribution >= 4 is 0 Å². The molecule has 0 radical (unpaired) electrons. The predicted octanol–water partition coefficient (Wildman–Crippen LogP) is 7.11. The molecule has 0 aromatic heterocycles. The van der Waals surface area contributed by atoms with Crippen molar-refractivity contribution in [2.24, 2.45) is 0 Å². The first-order valence-corrected chi connectivity index (χ1v) is 9.83. The van der Waals surface area contributed by atoms with Crippen molar-refractivity contribution in [1.29, 1.82) is 0 Å². The summed E-state index contributed by atoms with van der Waals surface area (Å²) in [5, 5.41) is 0. The number of aryl methyl sites for hydroxylation is 4. The van der Waals surface area contributed by atoms with E-state index in [0.717, 1.165) is 25.7 Å². The van der Waals surface area contributed by atoms with Gasteiger partial charge in [0.25, 0.3) is 0 Å². The second kappa shape index (κ2) is 9.57. The van der Waals surface area contributed by atoms with Gasteiger partial charge in [0.1, 0.15) is 0 Å². The van der Waals surface area contributed by atoms with Crippen LogP contribution in [0.2, 0.25) is 0 Å². The Bertz CT molecular complexity index is 733. The van der Waals surface area contributed by atoms with Gasteiger partial charge in [0.2, 0.25) is 0 Å². The normalized spacial score (nSPS) is 12.5. The van der Waals surface area contributed by atoms with E-state index < -0.39 is 0 Å². The van der Waals surface area contributed by atoms with E-state index in [1.807, 2.05) is 0 Å². The van der Waals surface area contributed by atoms with Crippen LogP contribution in [0.1, 0.15) is 61.1 Å². The summed E-state index contributed by atoms with van der Waals surface area (Å²) in [4.78, 5) is 0. The highest BCUT2D eigenvalue weighted by molar-refractivity contribution is 5.36. The van der Waals surface area contributed by atoms with Gasteiger partial charge in [0.05, 0.1) is 0 Å². The Morgan fingerprint density at radius 3 is 1.42 bits per heavy atom. The summed E-state index contributed by atoms with van der Waals surface area (Å²) in [6, 6.07) is 14.0. The van der Waals surface area contributed by atoms with Gasteiger partial charge in [-0.3, -0.25) is 0 Å². The molecule has 2 rings (SSSR count). The predicted molar refractivity (Wildman–Crippen MR) is 116 cm³/mol. The zero-order chi connectivity index (χ0) is 19.1. The lowest BCUT2D eigenvalue weighted by atomic mass is 9.94. The summed E-state index contributed by atoms with van der Waals surface area (Å²) in [7, 11) is 0. The number of benzene rings is 2. The minimum Gasteiger partial charge on any atom is -0.0884 e. The molecule has 0 aliphatic carbocycles. The summed E-state index contributed by atoms with van der Waals surface area (Å²) in [6.07, 6.45) is 8.76. The molecular formula is C26H34. The fraction of sp³-hybridized carbons (Fsp3) is 0.385. The molecule has 0 unspecified atom stereocenters. The fourth-order valence-corrected chi connectivity index (χ4v) is 3.24. The van der Waals surface area contributed by atoms with Gasteiger partial charge in [0, 0.05) is 0 Å². The number of allylic oxidation sites excluding steroid dienone is 4. The highest BCUT2D eigenvalue weighted by atomic mass is 14.1. The number of hydrogen-bond acceptors (Lipinski definition) is 0. The molecule has 2 aromatic rings. The SMILES string of the molecule is C/C=C(\C)Cc1cc(CCc2ccc(C)c(C/C(C)=C/C)c2)ccc1C. The third-order valence-electron chi connectivity index (χ3n) is 5.45. The molecule has 2 aromatic carbocycles. The van der Waals surface area contributed by atoms with Crippen LogP contribution in [0.5, 0.6) is 0 Å². The summed E-state index contributed by atoms with van der Waals surface area (Å²) >= 11 is 0. The molecule has 0 spiro atoms. The van der Waals surface area contributed by atoms with Crippen molar-refractivity contribution in [3.05, 3.63) is 93.1 Å². The zero-order valence-corrected chi connectivity index (χ0v) is 17.4. The maximum absolute atomic E-state index is 2.40. The van der Waals surface area contributed by atoms with E-state index in [1.54, 1.807) is 0 Å². The van der Waals surface area contributed by atoms with Gasteiger partial charge >= 0.3 is 0 Å². The molecule has 0 bridgehead atoms. The largest absolute Gasteiger partial charge is 0.0884 e. The molecule has 0 heteroatoms. The molecule has 0 aliphatic rings. The van der Waals surface area contributed by atoms with Gasteiger partial charge in [-0.05, 0) is 101 Å². The Hall–Kier alpha value is -2.08. The van der Waals surface area contributed by atoms with Crippen LogP contribution >= 0.6 is 0 Å². The molecule has 0 N–H and O–H groups in total. The van der Waals surface area contributed by atoms with Crippen molar-refractivity contribution < 1.29 is 0 Å². The Labute approximate surface area is 160 Å². The second-order valence-electron chi connectivity index (χ2n) is 7.65. The van der Waals surface area contributed by atoms with E-state index in [4.69, 9.17) is 0 Å². The van der Waals surface area contributed by atoms with Crippen LogP contribution in [0.3, 0.4) is 0 Å². The third-order valence-corrected chi connectivity index (χ3v) is 5.45. The van der Waals surface area contributed by atoms with Crippen molar-refractivity contribution in [3.8, 4) is 0 Å². The average Bonchev–Trinajstić information content (AvgIpc) is 2.64. The molecule has 0 heterocycles. The molecule has 0 saturated carbocycles. The molecule has 138 valence electrons. The molecule has 0 atom stereocenters. The first-order valence-electron chi connectivity index (χ1n) is 9.83. The van der Waals surface area contributed by atoms with Gasteiger partial charge in [0.15, 0.2) is 0 Å². The maximum Gasteiger partial charge on any atom is -0.00673 e. The van der Waals surface area contributed by atoms with Crippen LogP contribution in [0, 0.1) is 13.8 Å². The smallest absolute Gasteiger partial charge is 0.00673 e. The summed E-state index contributed by atoms with van der Waals surface area (Å²) in [5.74, 6) is 0. The highest BCUT2D eigenvalue weighted by Crippen LogP contribution is 2.19. The van der Waals surface area contributed by atoms with Gasteiger partial charge in [-0.15, -0.1) is 0 Å². The third kappa shape index (κ3) is 5.73. The van der Waals surface area contributed by atoms with Crippen LogP contribution < -0.4 is 0 Å².